The van der Waals surface area contributed by atoms with Gasteiger partial charge in [-0.1, -0.05) is 35.3 Å². The fourth-order valence-corrected chi connectivity index (χ4v) is 6.17. The number of hydrazine groups is 1. The highest BCUT2D eigenvalue weighted by atomic mass is 35.5. The zero-order chi connectivity index (χ0) is 25.2. The van der Waals surface area contributed by atoms with Gasteiger partial charge in [0.25, 0.3) is 5.91 Å². The van der Waals surface area contributed by atoms with E-state index in [2.05, 4.69) is 5.43 Å². The van der Waals surface area contributed by atoms with Crippen molar-refractivity contribution in [1.82, 2.24) is 20.2 Å². The Morgan fingerprint density at radius 3 is 2.81 bits per heavy atom. The summed E-state index contributed by atoms with van der Waals surface area (Å²) in [5.74, 6) is 0.791. The molecule has 5 rings (SSSR count). The Hall–Kier alpha value is -2.36. The van der Waals surface area contributed by atoms with E-state index < -0.39 is 0 Å². The SMILES string of the molecule is COC[C@@H]1CCCN1NC(=O)c1nn(-c2ccc(Cl)cc2Cl)c2c1CSC/C2=C\c1ccc(F)cc1. The molecule has 0 unspecified atom stereocenters. The number of nitrogens with zero attached hydrogens (tertiary/aromatic N) is 3. The van der Waals surface area contributed by atoms with Crippen LogP contribution in [-0.4, -0.2) is 52.8 Å². The van der Waals surface area contributed by atoms with Crippen LogP contribution in [0.15, 0.2) is 42.5 Å². The Morgan fingerprint density at radius 1 is 1.25 bits per heavy atom. The number of thioether (sulfide) groups is 1. The minimum Gasteiger partial charge on any atom is -0.383 e. The Morgan fingerprint density at radius 2 is 2.06 bits per heavy atom. The molecule has 3 aromatic rings. The molecule has 1 aromatic heterocycles. The van der Waals surface area contributed by atoms with E-state index in [1.165, 1.54) is 12.1 Å². The van der Waals surface area contributed by atoms with E-state index in [-0.39, 0.29) is 17.8 Å². The van der Waals surface area contributed by atoms with Crippen LogP contribution >= 0.6 is 35.0 Å². The molecule has 0 spiro atoms. The largest absolute Gasteiger partial charge is 0.383 e. The lowest BCUT2D eigenvalue weighted by molar-refractivity contribution is 0.0606. The van der Waals surface area contributed by atoms with Crippen molar-refractivity contribution < 1.29 is 13.9 Å². The second-order valence-electron chi connectivity index (χ2n) is 8.78. The van der Waals surface area contributed by atoms with Crippen molar-refractivity contribution in [3.05, 3.63) is 80.8 Å². The summed E-state index contributed by atoms with van der Waals surface area (Å²) in [6.45, 7) is 1.31. The van der Waals surface area contributed by atoms with Crippen LogP contribution in [0.5, 0.6) is 0 Å². The lowest BCUT2D eigenvalue weighted by atomic mass is 10.0. The molecule has 0 bridgehead atoms. The van der Waals surface area contributed by atoms with Gasteiger partial charge in [-0.2, -0.15) is 16.9 Å². The molecule has 0 saturated carbocycles. The molecular formula is C26H25Cl2FN4O2S. The van der Waals surface area contributed by atoms with Gasteiger partial charge in [-0.05, 0) is 60.4 Å². The molecule has 6 nitrogen and oxygen atoms in total. The van der Waals surface area contributed by atoms with E-state index in [9.17, 15) is 9.18 Å². The van der Waals surface area contributed by atoms with E-state index in [0.29, 0.717) is 39.5 Å². The van der Waals surface area contributed by atoms with Gasteiger partial charge in [0.15, 0.2) is 5.69 Å². The third-order valence-electron chi connectivity index (χ3n) is 6.34. The van der Waals surface area contributed by atoms with Gasteiger partial charge < -0.3 is 4.74 Å². The fraction of sp³-hybridized carbons (Fsp3) is 0.308. The van der Waals surface area contributed by atoms with Gasteiger partial charge in [-0.3, -0.25) is 10.2 Å². The van der Waals surface area contributed by atoms with Crippen molar-refractivity contribution in [2.75, 3.05) is 26.0 Å². The van der Waals surface area contributed by atoms with Gasteiger partial charge in [0.2, 0.25) is 0 Å². The quantitative estimate of drug-likeness (QED) is 0.419. The normalized spacial score (nSPS) is 19.0. The van der Waals surface area contributed by atoms with E-state index in [4.69, 9.17) is 33.0 Å². The summed E-state index contributed by atoms with van der Waals surface area (Å²) in [5.41, 5.74) is 7.54. The molecular weight excluding hydrogens is 522 g/mol. The molecule has 1 atom stereocenters. The number of methoxy groups -OCH3 is 1. The lowest BCUT2D eigenvalue weighted by Crippen LogP contribution is -2.47. The summed E-state index contributed by atoms with van der Waals surface area (Å²) < 4.78 is 20.5. The van der Waals surface area contributed by atoms with Gasteiger partial charge >= 0.3 is 0 Å². The molecule has 1 amide bonds. The number of carbonyl (C=O) groups is 1. The Kier molecular flexibility index (Phi) is 7.69. The van der Waals surface area contributed by atoms with Crippen LogP contribution in [-0.2, 0) is 10.5 Å². The number of rotatable bonds is 6. The van der Waals surface area contributed by atoms with E-state index in [1.807, 2.05) is 11.1 Å². The maximum absolute atomic E-state index is 13.5. The molecule has 36 heavy (non-hydrogen) atoms. The smallest absolute Gasteiger partial charge is 0.286 e. The van der Waals surface area contributed by atoms with Crippen LogP contribution in [0.1, 0.15) is 40.2 Å². The number of halogens is 3. The van der Waals surface area contributed by atoms with Gasteiger partial charge in [-0.15, -0.1) is 0 Å². The van der Waals surface area contributed by atoms with Crippen LogP contribution in [0.4, 0.5) is 4.39 Å². The summed E-state index contributed by atoms with van der Waals surface area (Å²) in [5, 5.41) is 7.66. The maximum Gasteiger partial charge on any atom is 0.286 e. The first-order chi connectivity index (χ1) is 17.4. The van der Waals surface area contributed by atoms with Crippen molar-refractivity contribution in [1.29, 1.82) is 0 Å². The number of nitrogens with one attached hydrogen (secondary N) is 1. The van der Waals surface area contributed by atoms with Crippen LogP contribution in [0.3, 0.4) is 0 Å². The van der Waals surface area contributed by atoms with Crippen molar-refractivity contribution in [3.63, 3.8) is 0 Å². The van der Waals surface area contributed by atoms with Crippen LogP contribution in [0.2, 0.25) is 10.0 Å². The highest BCUT2D eigenvalue weighted by molar-refractivity contribution is 7.99. The monoisotopic (exact) mass is 546 g/mol. The summed E-state index contributed by atoms with van der Waals surface area (Å²) in [7, 11) is 1.67. The van der Waals surface area contributed by atoms with Crippen LogP contribution in [0.25, 0.3) is 17.3 Å². The summed E-state index contributed by atoms with van der Waals surface area (Å²) in [4.78, 5) is 13.5. The Labute approximate surface area is 223 Å². The summed E-state index contributed by atoms with van der Waals surface area (Å²) in [6.07, 6.45) is 3.95. The predicted molar refractivity (Wildman–Crippen MR) is 143 cm³/mol. The topological polar surface area (TPSA) is 59.4 Å². The first-order valence-corrected chi connectivity index (χ1v) is 13.5. The molecule has 0 aliphatic carbocycles. The number of fused-ring (bicyclic) bond motifs is 1. The first-order valence-electron chi connectivity index (χ1n) is 11.6. The third-order valence-corrected chi connectivity index (χ3v) is 7.88. The molecule has 1 N–H and O–H groups in total. The molecule has 2 aliphatic rings. The number of hydrogen-bond acceptors (Lipinski definition) is 5. The second-order valence-corrected chi connectivity index (χ2v) is 10.6. The first kappa shape index (κ1) is 25.3. The Balaban J connectivity index is 1.59. The second kappa shape index (κ2) is 10.9. The predicted octanol–water partition coefficient (Wildman–Crippen LogP) is 5.86. The average Bonchev–Trinajstić information content (AvgIpc) is 3.46. The van der Waals surface area contributed by atoms with E-state index in [1.54, 1.807) is 53.9 Å². The highest BCUT2D eigenvalue weighted by Gasteiger charge is 2.32. The zero-order valence-corrected chi connectivity index (χ0v) is 22.0. The molecule has 10 heteroatoms. The highest BCUT2D eigenvalue weighted by Crippen LogP contribution is 2.38. The number of hydrogen-bond donors (Lipinski definition) is 1. The minimum absolute atomic E-state index is 0.130. The zero-order valence-electron chi connectivity index (χ0n) is 19.6. The average molecular weight is 547 g/mol. The fourth-order valence-electron chi connectivity index (χ4n) is 4.66. The Bertz CT molecular complexity index is 1310. The number of amides is 1. The van der Waals surface area contributed by atoms with Crippen molar-refractivity contribution >= 4 is 52.5 Å². The number of ether oxygens (including phenoxy) is 1. The number of carbonyl (C=O) groups excluding carboxylic acids is 1. The molecule has 2 aromatic carbocycles. The van der Waals surface area contributed by atoms with Crippen LogP contribution in [0, 0.1) is 5.82 Å². The van der Waals surface area contributed by atoms with Crippen LogP contribution < -0.4 is 5.43 Å². The standard InChI is InChI=1S/C26H25Cl2FN4O2S/c1-35-13-20-3-2-10-32(20)31-26(34)24-21-15-36-14-17(11-16-4-7-19(29)8-5-16)25(21)33(30-24)23-9-6-18(27)12-22(23)28/h4-9,11-12,20H,2-3,10,13-15H2,1H3,(H,31,34)/b17-11+/t20-/m0/s1. The van der Waals surface area contributed by atoms with E-state index in [0.717, 1.165) is 41.8 Å². The van der Waals surface area contributed by atoms with Gasteiger partial charge in [0.05, 0.1) is 29.1 Å². The number of benzene rings is 2. The molecule has 188 valence electrons. The lowest BCUT2D eigenvalue weighted by Gasteiger charge is -2.24. The maximum atomic E-state index is 13.5. The molecule has 3 heterocycles. The minimum atomic E-state index is -0.290. The summed E-state index contributed by atoms with van der Waals surface area (Å²) in [6, 6.07) is 11.7. The molecule has 1 fully saturated rings. The number of aromatic nitrogens is 2. The van der Waals surface area contributed by atoms with Crippen molar-refractivity contribution in [2.45, 2.75) is 24.6 Å². The van der Waals surface area contributed by atoms with Gasteiger partial charge in [-0.25, -0.2) is 14.1 Å². The van der Waals surface area contributed by atoms with Crippen molar-refractivity contribution in [2.24, 2.45) is 0 Å². The van der Waals surface area contributed by atoms with Crippen molar-refractivity contribution in [3.8, 4) is 5.69 Å². The molecule has 1 saturated heterocycles. The molecule has 2 aliphatic heterocycles. The van der Waals surface area contributed by atoms with Gasteiger partial charge in [0, 0.05) is 35.7 Å². The van der Waals surface area contributed by atoms with Gasteiger partial charge in [0.1, 0.15) is 5.82 Å². The third kappa shape index (κ3) is 5.19. The molecule has 0 radical (unpaired) electrons. The summed E-state index contributed by atoms with van der Waals surface area (Å²) >= 11 is 14.4. The van der Waals surface area contributed by atoms with E-state index >= 15 is 0 Å².